The minimum atomic E-state index is -3.32. The largest absolute Gasteiger partial charge is 0.351 e. The van der Waals surface area contributed by atoms with Crippen molar-refractivity contribution in [1.82, 2.24) is 14.5 Å². The number of carbonyl (C=O) groups excluding carboxylic acids is 1. The Morgan fingerprint density at radius 1 is 1.07 bits per heavy atom. The van der Waals surface area contributed by atoms with E-state index >= 15 is 0 Å². The SMILES string of the molecule is CN1CCN(S(=O)(=O)Cc2ccc(C(=O)NCCSC3CCCCC3)cc2)CC1. The van der Waals surface area contributed by atoms with Gasteiger partial charge in [0.25, 0.3) is 5.91 Å². The molecule has 1 amide bonds. The average molecular weight is 440 g/mol. The van der Waals surface area contributed by atoms with Gasteiger partial charge in [-0.05, 0) is 37.6 Å². The summed E-state index contributed by atoms with van der Waals surface area (Å²) in [6.45, 7) is 3.27. The number of nitrogens with one attached hydrogen (secondary N) is 1. The molecule has 8 heteroatoms. The molecule has 0 unspecified atom stereocenters. The first-order valence-electron chi connectivity index (χ1n) is 10.6. The first-order chi connectivity index (χ1) is 13.9. The summed E-state index contributed by atoms with van der Waals surface area (Å²) in [5, 5.41) is 3.72. The molecule has 1 aliphatic carbocycles. The summed E-state index contributed by atoms with van der Waals surface area (Å²) in [6.07, 6.45) is 6.64. The monoisotopic (exact) mass is 439 g/mol. The zero-order chi connectivity index (χ0) is 20.7. The number of amides is 1. The van der Waals surface area contributed by atoms with Gasteiger partial charge in [-0.15, -0.1) is 0 Å². The van der Waals surface area contributed by atoms with Crippen molar-refractivity contribution >= 4 is 27.7 Å². The number of carbonyl (C=O) groups is 1. The molecular weight excluding hydrogens is 406 g/mol. The van der Waals surface area contributed by atoms with E-state index in [2.05, 4.69) is 10.2 Å². The molecule has 29 heavy (non-hydrogen) atoms. The van der Waals surface area contributed by atoms with E-state index in [-0.39, 0.29) is 11.7 Å². The first-order valence-corrected chi connectivity index (χ1v) is 13.2. The van der Waals surface area contributed by atoms with Crippen LogP contribution in [0.1, 0.15) is 48.0 Å². The van der Waals surface area contributed by atoms with Crippen LogP contribution >= 0.6 is 11.8 Å². The molecule has 0 aromatic heterocycles. The van der Waals surface area contributed by atoms with E-state index in [0.29, 0.717) is 30.8 Å². The molecule has 2 aliphatic rings. The van der Waals surface area contributed by atoms with Crippen LogP contribution in [-0.2, 0) is 15.8 Å². The molecule has 1 aliphatic heterocycles. The lowest BCUT2D eigenvalue weighted by atomic mass is 10.0. The normalized spacial score (nSPS) is 19.9. The molecule has 0 radical (unpaired) electrons. The van der Waals surface area contributed by atoms with Gasteiger partial charge in [-0.25, -0.2) is 8.42 Å². The maximum atomic E-state index is 12.6. The van der Waals surface area contributed by atoms with E-state index in [1.54, 1.807) is 28.6 Å². The Morgan fingerprint density at radius 2 is 1.72 bits per heavy atom. The molecule has 1 N–H and O–H groups in total. The molecule has 162 valence electrons. The zero-order valence-electron chi connectivity index (χ0n) is 17.3. The van der Waals surface area contributed by atoms with E-state index in [1.165, 1.54) is 32.1 Å². The minimum absolute atomic E-state index is 0.0172. The summed E-state index contributed by atoms with van der Waals surface area (Å²) in [5.74, 6) is 0.830. The third-order valence-electron chi connectivity index (χ3n) is 5.71. The Hall–Kier alpha value is -1.09. The van der Waals surface area contributed by atoms with Crippen LogP contribution in [0.5, 0.6) is 0 Å². The van der Waals surface area contributed by atoms with Crippen LogP contribution in [0.15, 0.2) is 24.3 Å². The standard InChI is InChI=1S/C21H33N3O3S2/c1-23-12-14-24(15-13-23)29(26,27)17-18-7-9-19(10-8-18)21(25)22-11-16-28-20-5-3-2-4-6-20/h7-10,20H,2-6,11-17H2,1H3,(H,22,25). The fourth-order valence-corrected chi connectivity index (χ4v) is 6.58. The smallest absolute Gasteiger partial charge is 0.251 e. The van der Waals surface area contributed by atoms with Crippen LogP contribution in [0.25, 0.3) is 0 Å². The van der Waals surface area contributed by atoms with Crippen LogP contribution in [-0.4, -0.2) is 74.3 Å². The highest BCUT2D eigenvalue weighted by atomic mass is 32.2. The lowest BCUT2D eigenvalue weighted by molar-refractivity contribution is 0.0956. The van der Waals surface area contributed by atoms with Crippen LogP contribution in [0.2, 0.25) is 0 Å². The summed E-state index contributed by atoms with van der Waals surface area (Å²) in [6, 6.07) is 6.94. The van der Waals surface area contributed by atoms with Crippen molar-refractivity contribution < 1.29 is 13.2 Å². The molecule has 3 rings (SSSR count). The Labute approximate surface area is 179 Å². The van der Waals surface area contributed by atoms with Crippen molar-refractivity contribution in [2.45, 2.75) is 43.1 Å². The predicted molar refractivity (Wildman–Crippen MR) is 120 cm³/mol. The first kappa shape index (κ1) is 22.6. The summed E-state index contributed by atoms with van der Waals surface area (Å²) >= 11 is 1.97. The van der Waals surface area contributed by atoms with Gasteiger partial charge in [0.05, 0.1) is 5.75 Å². The van der Waals surface area contributed by atoms with Crippen molar-refractivity contribution in [1.29, 1.82) is 0 Å². The summed E-state index contributed by atoms with van der Waals surface area (Å²) < 4.78 is 26.8. The number of thioether (sulfide) groups is 1. The second-order valence-corrected chi connectivity index (χ2v) is 11.4. The molecule has 1 aromatic rings. The third kappa shape index (κ3) is 6.98. The molecular formula is C21H33N3O3S2. The van der Waals surface area contributed by atoms with Crippen molar-refractivity contribution in [2.75, 3.05) is 45.5 Å². The number of nitrogens with zero attached hydrogens (tertiary/aromatic N) is 2. The van der Waals surface area contributed by atoms with Crippen LogP contribution in [0, 0.1) is 0 Å². The van der Waals surface area contributed by atoms with Crippen LogP contribution in [0.4, 0.5) is 0 Å². The van der Waals surface area contributed by atoms with Gasteiger partial charge >= 0.3 is 0 Å². The average Bonchev–Trinajstić information content (AvgIpc) is 2.72. The second-order valence-electron chi connectivity index (χ2n) is 8.04. The Bertz CT molecular complexity index is 754. The highest BCUT2D eigenvalue weighted by molar-refractivity contribution is 7.99. The Balaban J connectivity index is 1.43. The number of hydrogen-bond donors (Lipinski definition) is 1. The van der Waals surface area contributed by atoms with Gasteiger partial charge in [-0.2, -0.15) is 16.1 Å². The van der Waals surface area contributed by atoms with Gasteiger partial charge < -0.3 is 10.2 Å². The molecule has 0 atom stereocenters. The van der Waals surface area contributed by atoms with Gasteiger partial charge in [0.2, 0.25) is 10.0 Å². The molecule has 1 aromatic carbocycles. The Morgan fingerprint density at radius 3 is 2.38 bits per heavy atom. The predicted octanol–water partition coefficient (Wildman–Crippen LogP) is 2.56. The highest BCUT2D eigenvalue weighted by Crippen LogP contribution is 2.27. The summed E-state index contributed by atoms with van der Waals surface area (Å²) in [5.41, 5.74) is 1.29. The number of benzene rings is 1. The number of piperazine rings is 1. The number of likely N-dealkylation sites (N-methyl/N-ethyl adjacent to an activating group) is 1. The van der Waals surface area contributed by atoms with Gasteiger partial charge in [0, 0.05) is 49.3 Å². The van der Waals surface area contributed by atoms with Crippen molar-refractivity contribution in [2.24, 2.45) is 0 Å². The van der Waals surface area contributed by atoms with Gasteiger partial charge in [0.15, 0.2) is 0 Å². The Kier molecular flexibility index (Phi) is 8.41. The lowest BCUT2D eigenvalue weighted by Crippen LogP contribution is -2.47. The van der Waals surface area contributed by atoms with Crippen molar-refractivity contribution in [3.8, 4) is 0 Å². The molecule has 1 saturated carbocycles. The van der Waals surface area contributed by atoms with E-state index < -0.39 is 10.0 Å². The second kappa shape index (κ2) is 10.8. The molecule has 0 bridgehead atoms. The number of sulfonamides is 1. The van der Waals surface area contributed by atoms with Crippen molar-refractivity contribution in [3.05, 3.63) is 35.4 Å². The molecule has 1 saturated heterocycles. The topological polar surface area (TPSA) is 69.7 Å². The number of rotatable bonds is 8. The molecule has 0 spiro atoms. The van der Waals surface area contributed by atoms with E-state index in [0.717, 1.165) is 24.1 Å². The highest BCUT2D eigenvalue weighted by Gasteiger charge is 2.25. The lowest BCUT2D eigenvalue weighted by Gasteiger charge is -2.31. The zero-order valence-corrected chi connectivity index (χ0v) is 18.9. The van der Waals surface area contributed by atoms with Gasteiger partial charge in [-0.1, -0.05) is 31.4 Å². The maximum Gasteiger partial charge on any atom is 0.251 e. The van der Waals surface area contributed by atoms with Crippen molar-refractivity contribution in [3.63, 3.8) is 0 Å². The quantitative estimate of drug-likeness (QED) is 0.631. The van der Waals surface area contributed by atoms with Gasteiger partial charge in [0.1, 0.15) is 0 Å². The van der Waals surface area contributed by atoms with Crippen LogP contribution < -0.4 is 5.32 Å². The van der Waals surface area contributed by atoms with Gasteiger partial charge in [-0.3, -0.25) is 4.79 Å². The summed E-state index contributed by atoms with van der Waals surface area (Å²) in [7, 11) is -1.32. The van der Waals surface area contributed by atoms with E-state index in [1.807, 2.05) is 18.8 Å². The maximum absolute atomic E-state index is 12.6. The fraction of sp³-hybridized carbons (Fsp3) is 0.667. The molecule has 6 nitrogen and oxygen atoms in total. The number of hydrogen-bond acceptors (Lipinski definition) is 5. The van der Waals surface area contributed by atoms with Crippen LogP contribution in [0.3, 0.4) is 0 Å². The minimum Gasteiger partial charge on any atom is -0.351 e. The fourth-order valence-electron chi connectivity index (χ4n) is 3.84. The third-order valence-corrected chi connectivity index (χ3v) is 8.95. The summed E-state index contributed by atoms with van der Waals surface area (Å²) in [4.78, 5) is 14.5. The molecule has 1 heterocycles. The molecule has 2 fully saturated rings. The van der Waals surface area contributed by atoms with E-state index in [9.17, 15) is 13.2 Å². The van der Waals surface area contributed by atoms with E-state index in [4.69, 9.17) is 0 Å².